The van der Waals surface area contributed by atoms with Crippen LogP contribution in [-0.4, -0.2) is 13.7 Å². The third-order valence-corrected chi connectivity index (χ3v) is 5.12. The molecular weight excluding hydrogens is 350 g/mol. The van der Waals surface area contributed by atoms with E-state index in [-0.39, 0.29) is 0 Å². The van der Waals surface area contributed by atoms with Gasteiger partial charge in [-0.1, -0.05) is 37.8 Å². The number of hydrogen-bond donors (Lipinski definition) is 1. The lowest BCUT2D eigenvalue weighted by Crippen LogP contribution is -2.30. The molecule has 0 bridgehead atoms. The Morgan fingerprint density at radius 2 is 2.05 bits per heavy atom. The monoisotopic (exact) mass is 373 g/mol. The van der Waals surface area contributed by atoms with Crippen LogP contribution in [0.4, 0.5) is 0 Å². The molecule has 1 fully saturated rings. The van der Waals surface area contributed by atoms with Crippen molar-refractivity contribution in [1.82, 2.24) is 5.32 Å². The molecule has 1 aliphatic rings. The van der Waals surface area contributed by atoms with Gasteiger partial charge in [-0.25, -0.2) is 0 Å². The largest absolute Gasteiger partial charge is 0.495 e. The number of halogens is 2. The van der Waals surface area contributed by atoms with Gasteiger partial charge in [0, 0.05) is 16.6 Å². The Bertz CT molecular complexity index is 460. The van der Waals surface area contributed by atoms with Crippen molar-refractivity contribution >= 4 is 27.5 Å². The van der Waals surface area contributed by atoms with Crippen LogP contribution >= 0.6 is 27.5 Å². The summed E-state index contributed by atoms with van der Waals surface area (Å²) in [5, 5.41) is 4.49. The van der Waals surface area contributed by atoms with Crippen LogP contribution in [0.25, 0.3) is 0 Å². The van der Waals surface area contributed by atoms with E-state index in [1.165, 1.54) is 37.7 Å². The minimum Gasteiger partial charge on any atom is -0.495 e. The van der Waals surface area contributed by atoms with Crippen molar-refractivity contribution in [2.24, 2.45) is 5.92 Å². The summed E-state index contributed by atoms with van der Waals surface area (Å²) < 4.78 is 6.57. The highest BCUT2D eigenvalue weighted by Crippen LogP contribution is 2.42. The van der Waals surface area contributed by atoms with E-state index < -0.39 is 0 Å². The molecular formula is C17H25BrClNO. The van der Waals surface area contributed by atoms with Gasteiger partial charge >= 0.3 is 0 Å². The van der Waals surface area contributed by atoms with Crippen molar-refractivity contribution in [2.75, 3.05) is 13.7 Å². The smallest absolute Gasteiger partial charge is 0.137 e. The van der Waals surface area contributed by atoms with Gasteiger partial charge in [-0.3, -0.25) is 0 Å². The van der Waals surface area contributed by atoms with Crippen LogP contribution in [-0.2, 0) is 0 Å². The quantitative estimate of drug-likeness (QED) is 0.686. The highest BCUT2D eigenvalue weighted by molar-refractivity contribution is 9.10. The summed E-state index contributed by atoms with van der Waals surface area (Å²) >= 11 is 9.86. The number of rotatable bonds is 6. The Balaban J connectivity index is 2.34. The Labute approximate surface area is 141 Å². The number of nitrogens with one attached hydrogen (secondary N) is 1. The number of methoxy groups -OCH3 is 1. The second-order valence-corrected chi connectivity index (χ2v) is 7.13. The van der Waals surface area contributed by atoms with Crippen LogP contribution in [0.5, 0.6) is 5.75 Å². The van der Waals surface area contributed by atoms with Crippen LogP contribution in [0, 0.1) is 5.92 Å². The molecule has 0 aliphatic heterocycles. The number of ether oxygens (including phenoxy) is 1. The molecule has 2 rings (SSSR count). The average molecular weight is 375 g/mol. The predicted octanol–water partition coefficient (Wildman–Crippen LogP) is 5.73. The first-order valence-corrected chi connectivity index (χ1v) is 9.10. The van der Waals surface area contributed by atoms with E-state index >= 15 is 0 Å². The first-order valence-electron chi connectivity index (χ1n) is 7.93. The van der Waals surface area contributed by atoms with Crippen LogP contribution < -0.4 is 10.1 Å². The van der Waals surface area contributed by atoms with Crippen LogP contribution in [0.15, 0.2) is 16.6 Å². The first-order chi connectivity index (χ1) is 10.2. The summed E-state index contributed by atoms with van der Waals surface area (Å²) in [4.78, 5) is 0. The van der Waals surface area contributed by atoms with Gasteiger partial charge in [0.1, 0.15) is 5.75 Å². The second kappa shape index (κ2) is 8.40. The van der Waals surface area contributed by atoms with Crippen LogP contribution in [0.3, 0.4) is 0 Å². The topological polar surface area (TPSA) is 21.3 Å². The predicted molar refractivity (Wildman–Crippen MR) is 93.3 cm³/mol. The third kappa shape index (κ3) is 4.37. The SMILES string of the molecule is CCCNC(c1cc(Cl)cc(Br)c1OC)C1CCCCC1. The summed E-state index contributed by atoms with van der Waals surface area (Å²) in [6.45, 7) is 3.23. The normalized spacial score (nSPS) is 17.7. The lowest BCUT2D eigenvalue weighted by molar-refractivity contribution is 0.265. The Morgan fingerprint density at radius 3 is 2.67 bits per heavy atom. The molecule has 0 radical (unpaired) electrons. The molecule has 1 aromatic carbocycles. The second-order valence-electron chi connectivity index (χ2n) is 5.84. The molecule has 1 aromatic rings. The van der Waals surface area contributed by atoms with Gasteiger partial charge in [-0.15, -0.1) is 0 Å². The fourth-order valence-electron chi connectivity index (χ4n) is 3.32. The highest BCUT2D eigenvalue weighted by atomic mass is 79.9. The third-order valence-electron chi connectivity index (χ3n) is 4.31. The Kier molecular flexibility index (Phi) is 6.84. The first kappa shape index (κ1) is 17.1. The molecule has 2 nitrogen and oxygen atoms in total. The van der Waals surface area contributed by atoms with Crippen molar-refractivity contribution in [3.63, 3.8) is 0 Å². The van der Waals surface area contributed by atoms with E-state index in [2.05, 4.69) is 34.2 Å². The van der Waals surface area contributed by atoms with Crippen molar-refractivity contribution in [2.45, 2.75) is 51.5 Å². The molecule has 0 saturated heterocycles. The van der Waals surface area contributed by atoms with Crippen molar-refractivity contribution in [3.05, 3.63) is 27.2 Å². The zero-order valence-corrected chi connectivity index (χ0v) is 15.3. The number of hydrogen-bond acceptors (Lipinski definition) is 2. The molecule has 0 heterocycles. The lowest BCUT2D eigenvalue weighted by atomic mass is 9.81. The maximum absolute atomic E-state index is 6.28. The molecule has 0 spiro atoms. The van der Waals surface area contributed by atoms with Crippen molar-refractivity contribution in [3.8, 4) is 5.75 Å². The van der Waals surface area contributed by atoms with Crippen molar-refractivity contribution < 1.29 is 4.74 Å². The molecule has 1 atom stereocenters. The molecule has 4 heteroatoms. The summed E-state index contributed by atoms with van der Waals surface area (Å²) in [5.41, 5.74) is 1.19. The molecule has 1 unspecified atom stereocenters. The molecule has 0 amide bonds. The zero-order chi connectivity index (χ0) is 15.2. The summed E-state index contributed by atoms with van der Waals surface area (Å²) in [6, 6.07) is 4.30. The maximum atomic E-state index is 6.28. The van der Waals surface area contributed by atoms with Gasteiger partial charge in [0.2, 0.25) is 0 Å². The Morgan fingerprint density at radius 1 is 1.33 bits per heavy atom. The minimum absolute atomic E-state index is 0.329. The fourth-order valence-corrected chi connectivity index (χ4v) is 4.32. The van der Waals surface area contributed by atoms with Crippen LogP contribution in [0.1, 0.15) is 57.1 Å². The molecule has 0 aromatic heterocycles. The highest BCUT2D eigenvalue weighted by Gasteiger charge is 2.28. The van der Waals surface area contributed by atoms with Gasteiger partial charge in [-0.2, -0.15) is 0 Å². The fraction of sp³-hybridized carbons (Fsp3) is 0.647. The summed E-state index contributed by atoms with van der Waals surface area (Å²) in [7, 11) is 1.73. The molecule has 1 saturated carbocycles. The van der Waals surface area contributed by atoms with E-state index in [1.54, 1.807) is 7.11 Å². The summed E-state index contributed by atoms with van der Waals surface area (Å²) in [6.07, 6.45) is 7.74. The Hall–Kier alpha value is -0.250. The minimum atomic E-state index is 0.329. The maximum Gasteiger partial charge on any atom is 0.137 e. The number of benzene rings is 1. The summed E-state index contributed by atoms with van der Waals surface area (Å²) in [5.74, 6) is 1.59. The average Bonchev–Trinajstić information content (AvgIpc) is 2.48. The standard InChI is InChI=1S/C17H25BrClNO/c1-3-9-20-16(12-7-5-4-6-8-12)14-10-13(19)11-15(18)17(14)21-2/h10-12,16,20H,3-9H2,1-2H3. The molecule has 118 valence electrons. The zero-order valence-electron chi connectivity index (χ0n) is 12.9. The molecule has 1 aliphatic carbocycles. The van der Waals surface area contributed by atoms with E-state index in [1.807, 2.05) is 6.07 Å². The molecule has 1 N–H and O–H groups in total. The van der Waals surface area contributed by atoms with Crippen molar-refractivity contribution in [1.29, 1.82) is 0 Å². The van der Waals surface area contributed by atoms with E-state index in [0.29, 0.717) is 12.0 Å². The molecule has 21 heavy (non-hydrogen) atoms. The van der Waals surface area contributed by atoms with Gasteiger partial charge < -0.3 is 10.1 Å². The van der Waals surface area contributed by atoms with Crippen LogP contribution in [0.2, 0.25) is 5.02 Å². The van der Waals surface area contributed by atoms with E-state index in [4.69, 9.17) is 16.3 Å². The lowest BCUT2D eigenvalue weighted by Gasteiger charge is -2.32. The van der Waals surface area contributed by atoms with Gasteiger partial charge in [0.15, 0.2) is 0 Å². The van der Waals surface area contributed by atoms with E-state index in [0.717, 1.165) is 28.2 Å². The van der Waals surface area contributed by atoms with E-state index in [9.17, 15) is 0 Å². The van der Waals surface area contributed by atoms with Gasteiger partial charge in [-0.05, 0) is 59.8 Å². The van der Waals surface area contributed by atoms with Gasteiger partial charge in [0.05, 0.1) is 11.6 Å². The van der Waals surface area contributed by atoms with Gasteiger partial charge in [0.25, 0.3) is 0 Å².